The van der Waals surface area contributed by atoms with Crippen molar-refractivity contribution in [1.29, 1.82) is 0 Å². The van der Waals surface area contributed by atoms with Gasteiger partial charge < -0.3 is 20.7 Å². The van der Waals surface area contributed by atoms with Crippen LogP contribution in [-0.2, 0) is 10.2 Å². The fourth-order valence-electron chi connectivity index (χ4n) is 3.87. The molecular formula is C22H28N6O4S. The average Bonchev–Trinajstić information content (AvgIpc) is 2.77. The summed E-state index contributed by atoms with van der Waals surface area (Å²) in [6.45, 7) is 5.70. The van der Waals surface area contributed by atoms with Crippen molar-refractivity contribution >= 4 is 33.5 Å². The molecule has 1 saturated heterocycles. The van der Waals surface area contributed by atoms with E-state index in [9.17, 15) is 13.2 Å². The molecule has 2 aliphatic heterocycles. The highest BCUT2D eigenvalue weighted by Crippen LogP contribution is 2.31. The van der Waals surface area contributed by atoms with Crippen LogP contribution in [0.25, 0.3) is 0 Å². The zero-order chi connectivity index (χ0) is 23.6. The Balaban J connectivity index is 1.44. The maximum absolute atomic E-state index is 12.9. The first-order valence-electron chi connectivity index (χ1n) is 10.8. The zero-order valence-electron chi connectivity index (χ0n) is 18.7. The largest absolute Gasteiger partial charge is 0.490 e. The number of nitrogens with zero attached hydrogens (tertiary/aromatic N) is 3. The molecule has 4 rings (SSSR count). The van der Waals surface area contributed by atoms with Gasteiger partial charge in [0.15, 0.2) is 5.84 Å². The van der Waals surface area contributed by atoms with Gasteiger partial charge in [-0.1, -0.05) is 6.07 Å². The summed E-state index contributed by atoms with van der Waals surface area (Å²) >= 11 is 0. The molecular weight excluding hydrogens is 444 g/mol. The van der Waals surface area contributed by atoms with Crippen molar-refractivity contribution in [2.75, 3.05) is 29.3 Å². The molecule has 1 amide bonds. The monoisotopic (exact) mass is 472 g/mol. The lowest BCUT2D eigenvalue weighted by Gasteiger charge is -2.29. The highest BCUT2D eigenvalue weighted by molar-refractivity contribution is 7.91. The van der Waals surface area contributed by atoms with Gasteiger partial charge in [-0.3, -0.25) is 9.52 Å². The lowest BCUT2D eigenvalue weighted by Crippen LogP contribution is -2.48. The number of amides is 1. The summed E-state index contributed by atoms with van der Waals surface area (Å²) in [5, 5.41) is 2.99. The summed E-state index contributed by atoms with van der Waals surface area (Å²) in [4.78, 5) is 19.6. The van der Waals surface area contributed by atoms with E-state index in [2.05, 4.69) is 24.3 Å². The van der Waals surface area contributed by atoms with E-state index < -0.39 is 15.7 Å². The lowest BCUT2D eigenvalue weighted by atomic mass is 10.1. The number of anilines is 2. The molecule has 1 aromatic carbocycles. The van der Waals surface area contributed by atoms with Gasteiger partial charge in [-0.15, -0.1) is 4.40 Å². The van der Waals surface area contributed by atoms with Crippen molar-refractivity contribution in [3.63, 3.8) is 0 Å². The van der Waals surface area contributed by atoms with Crippen LogP contribution in [0, 0.1) is 0 Å². The number of pyridine rings is 1. The first-order chi connectivity index (χ1) is 15.6. The third-order valence-corrected chi connectivity index (χ3v) is 6.38. The van der Waals surface area contributed by atoms with Crippen LogP contribution in [-0.4, -0.2) is 50.4 Å². The van der Waals surface area contributed by atoms with E-state index in [0.29, 0.717) is 22.6 Å². The minimum atomic E-state index is -3.87. The van der Waals surface area contributed by atoms with E-state index in [0.717, 1.165) is 31.7 Å². The molecule has 1 fully saturated rings. The van der Waals surface area contributed by atoms with Crippen LogP contribution in [0.4, 0.5) is 11.5 Å². The summed E-state index contributed by atoms with van der Waals surface area (Å²) in [6.07, 6.45) is 5.13. The topological polar surface area (TPSA) is 139 Å². The quantitative estimate of drug-likeness (QED) is 0.584. The first kappa shape index (κ1) is 22.8. The van der Waals surface area contributed by atoms with E-state index in [-0.39, 0.29) is 18.3 Å². The molecule has 33 heavy (non-hydrogen) atoms. The Kier molecular flexibility index (Phi) is 6.15. The summed E-state index contributed by atoms with van der Waals surface area (Å²) < 4.78 is 35.3. The second-order valence-electron chi connectivity index (χ2n) is 8.81. The summed E-state index contributed by atoms with van der Waals surface area (Å²) in [5.74, 6) is 0.802. The molecule has 0 spiro atoms. The standard InChI is InChI=1S/C22H28N6O4S/c1-22(2,14-32-17-8-6-7-16-19(17)20(23)27-33(30,31)26-16)25-21(29)15-9-10-24-18(13-15)28-11-4-3-5-12-28/h6-10,13,26H,3-5,11-12,14H2,1-2H3,(H2,23,27)(H,25,29). The van der Waals surface area contributed by atoms with Gasteiger partial charge in [0.1, 0.15) is 18.2 Å². The number of rotatable bonds is 6. The lowest BCUT2D eigenvalue weighted by molar-refractivity contribution is 0.0880. The van der Waals surface area contributed by atoms with Crippen molar-refractivity contribution in [1.82, 2.24) is 10.3 Å². The molecule has 1 aromatic heterocycles. The van der Waals surface area contributed by atoms with Gasteiger partial charge in [-0.25, -0.2) is 4.98 Å². The number of amidine groups is 1. The number of ether oxygens (including phenoxy) is 1. The van der Waals surface area contributed by atoms with Crippen molar-refractivity contribution < 1.29 is 17.9 Å². The summed E-state index contributed by atoms with van der Waals surface area (Å²) in [6, 6.07) is 8.41. The number of hydrogen-bond donors (Lipinski definition) is 3. The van der Waals surface area contributed by atoms with Crippen molar-refractivity contribution in [3.8, 4) is 5.75 Å². The van der Waals surface area contributed by atoms with E-state index in [1.54, 1.807) is 30.5 Å². The highest BCUT2D eigenvalue weighted by Gasteiger charge is 2.27. The molecule has 0 atom stereocenters. The van der Waals surface area contributed by atoms with Crippen molar-refractivity contribution in [2.45, 2.75) is 38.6 Å². The number of carbonyl (C=O) groups excluding carboxylic acids is 1. The molecule has 0 bridgehead atoms. The third-order valence-electron chi connectivity index (χ3n) is 5.47. The number of nitrogens with two attached hydrogens (primary N) is 1. The fraction of sp³-hybridized carbons (Fsp3) is 0.409. The molecule has 2 aromatic rings. The maximum Gasteiger partial charge on any atom is 0.344 e. The summed E-state index contributed by atoms with van der Waals surface area (Å²) in [5.41, 5.74) is 6.33. The van der Waals surface area contributed by atoms with E-state index in [1.165, 1.54) is 6.42 Å². The first-order valence-corrected chi connectivity index (χ1v) is 12.3. The molecule has 0 unspecified atom stereocenters. The molecule has 10 nitrogen and oxygen atoms in total. The van der Waals surface area contributed by atoms with E-state index >= 15 is 0 Å². The smallest absolute Gasteiger partial charge is 0.344 e. The van der Waals surface area contributed by atoms with Gasteiger partial charge in [-0.05, 0) is 57.4 Å². The Morgan fingerprint density at radius 1 is 1.24 bits per heavy atom. The highest BCUT2D eigenvalue weighted by atomic mass is 32.2. The second kappa shape index (κ2) is 8.89. The van der Waals surface area contributed by atoms with Crippen LogP contribution >= 0.6 is 0 Å². The number of benzene rings is 1. The Morgan fingerprint density at radius 3 is 2.76 bits per heavy atom. The van der Waals surface area contributed by atoms with Gasteiger partial charge >= 0.3 is 10.2 Å². The van der Waals surface area contributed by atoms with Crippen molar-refractivity contribution in [2.24, 2.45) is 10.1 Å². The fourth-order valence-corrected chi connectivity index (χ4v) is 4.71. The molecule has 0 aliphatic carbocycles. The molecule has 4 N–H and O–H groups in total. The van der Waals surface area contributed by atoms with Crippen LogP contribution in [0.5, 0.6) is 5.75 Å². The van der Waals surface area contributed by atoms with Gasteiger partial charge in [0.2, 0.25) is 0 Å². The molecule has 11 heteroatoms. The number of carbonyl (C=O) groups is 1. The number of piperidine rings is 1. The zero-order valence-corrected chi connectivity index (χ0v) is 19.5. The number of aromatic nitrogens is 1. The van der Waals surface area contributed by atoms with Gasteiger partial charge in [-0.2, -0.15) is 8.42 Å². The number of nitrogens with one attached hydrogen (secondary N) is 2. The summed E-state index contributed by atoms with van der Waals surface area (Å²) in [7, 11) is -3.87. The maximum atomic E-state index is 12.9. The van der Waals surface area contributed by atoms with Crippen LogP contribution in [0.3, 0.4) is 0 Å². The van der Waals surface area contributed by atoms with Gasteiger partial charge in [0, 0.05) is 24.8 Å². The SMILES string of the molecule is CC(C)(COc1cccc2c1C(N)=NS(=O)(=O)N2)NC(=O)c1ccnc(N2CCCCC2)c1. The number of fused-ring (bicyclic) bond motifs is 1. The second-order valence-corrected chi connectivity index (χ2v) is 10.1. The van der Waals surface area contributed by atoms with E-state index in [4.69, 9.17) is 10.5 Å². The minimum absolute atomic E-state index is 0.124. The predicted octanol–water partition coefficient (Wildman–Crippen LogP) is 2.03. The van der Waals surface area contributed by atoms with E-state index in [1.807, 2.05) is 19.9 Å². The third kappa shape index (κ3) is 5.36. The molecule has 3 heterocycles. The van der Waals surface area contributed by atoms with Gasteiger partial charge in [0.25, 0.3) is 5.91 Å². The Morgan fingerprint density at radius 2 is 2.00 bits per heavy atom. The van der Waals surface area contributed by atoms with Crippen LogP contribution in [0.15, 0.2) is 40.9 Å². The Bertz CT molecular complexity index is 1190. The minimum Gasteiger partial charge on any atom is -0.490 e. The average molecular weight is 473 g/mol. The number of hydrogen-bond acceptors (Lipinski definition) is 7. The molecule has 0 saturated carbocycles. The van der Waals surface area contributed by atoms with Crippen LogP contribution < -0.4 is 25.4 Å². The Hall–Kier alpha value is -3.34. The van der Waals surface area contributed by atoms with Crippen LogP contribution in [0.1, 0.15) is 49.0 Å². The van der Waals surface area contributed by atoms with Crippen LogP contribution in [0.2, 0.25) is 0 Å². The molecule has 176 valence electrons. The molecule has 0 radical (unpaired) electrons. The van der Waals surface area contributed by atoms with Gasteiger partial charge in [0.05, 0.1) is 16.8 Å². The Labute approximate surface area is 193 Å². The molecule has 2 aliphatic rings. The predicted molar refractivity (Wildman–Crippen MR) is 127 cm³/mol. The normalized spacial score (nSPS) is 17.4. The van der Waals surface area contributed by atoms with Crippen molar-refractivity contribution in [3.05, 3.63) is 47.7 Å².